The first kappa shape index (κ1) is 16.2. The van der Waals surface area contributed by atoms with Crippen molar-refractivity contribution in [3.05, 3.63) is 52.8 Å². The molecule has 2 aromatic rings. The normalized spacial score (nSPS) is 18.3. The van der Waals surface area contributed by atoms with Gasteiger partial charge in [-0.05, 0) is 49.9 Å². The quantitative estimate of drug-likeness (QED) is 0.878. The molecule has 0 bridgehead atoms. The minimum atomic E-state index is 0.707. The molecule has 0 radical (unpaired) electrons. The van der Waals surface area contributed by atoms with Crippen molar-refractivity contribution in [1.82, 2.24) is 14.9 Å². The minimum Gasteiger partial charge on any atom is -0.355 e. The Morgan fingerprint density at radius 3 is 2.61 bits per heavy atom. The average molecular weight is 331 g/mol. The Kier molecular flexibility index (Phi) is 5.47. The largest absolute Gasteiger partial charge is 0.355 e. The van der Waals surface area contributed by atoms with E-state index in [2.05, 4.69) is 32.3 Å². The summed E-state index contributed by atoms with van der Waals surface area (Å²) >= 11 is 5.95. The lowest BCUT2D eigenvalue weighted by Crippen LogP contribution is -2.21. The summed E-state index contributed by atoms with van der Waals surface area (Å²) in [5.41, 5.74) is 2.55. The van der Waals surface area contributed by atoms with Gasteiger partial charge >= 0.3 is 0 Å². The van der Waals surface area contributed by atoms with Gasteiger partial charge in [0.2, 0.25) is 5.95 Å². The number of aromatic nitrogens is 2. The second kappa shape index (κ2) is 7.75. The molecule has 1 fully saturated rings. The van der Waals surface area contributed by atoms with Crippen LogP contribution in [0, 0.1) is 5.92 Å². The molecule has 122 valence electrons. The van der Waals surface area contributed by atoms with E-state index in [1.54, 1.807) is 0 Å². The van der Waals surface area contributed by atoms with Crippen molar-refractivity contribution in [1.29, 1.82) is 0 Å². The predicted molar refractivity (Wildman–Crippen MR) is 94.7 cm³/mol. The topological polar surface area (TPSA) is 41.1 Å². The molecule has 23 heavy (non-hydrogen) atoms. The monoisotopic (exact) mass is 330 g/mol. The van der Waals surface area contributed by atoms with Gasteiger partial charge < -0.3 is 5.32 Å². The second-order valence-corrected chi connectivity index (χ2v) is 6.60. The van der Waals surface area contributed by atoms with Crippen LogP contribution < -0.4 is 5.32 Å². The molecule has 3 rings (SSSR count). The maximum atomic E-state index is 5.95. The van der Waals surface area contributed by atoms with E-state index in [0.717, 1.165) is 43.5 Å². The first-order valence-corrected chi connectivity index (χ1v) is 8.62. The Morgan fingerprint density at radius 2 is 1.91 bits per heavy atom. The second-order valence-electron chi connectivity index (χ2n) is 6.17. The number of halogens is 1. The maximum absolute atomic E-state index is 5.95. The zero-order chi connectivity index (χ0) is 16.1. The number of rotatable bonds is 6. The number of anilines is 1. The van der Waals surface area contributed by atoms with Crippen LogP contribution in [0.5, 0.6) is 0 Å². The van der Waals surface area contributed by atoms with Gasteiger partial charge in [0.15, 0.2) is 0 Å². The summed E-state index contributed by atoms with van der Waals surface area (Å²) in [5.74, 6) is 1.43. The smallest absolute Gasteiger partial charge is 0.222 e. The minimum absolute atomic E-state index is 0.707. The Morgan fingerprint density at radius 1 is 1.17 bits per heavy atom. The lowest BCUT2D eigenvalue weighted by Gasteiger charge is -2.16. The van der Waals surface area contributed by atoms with Crippen LogP contribution in [0.1, 0.15) is 24.5 Å². The van der Waals surface area contributed by atoms with E-state index in [1.807, 2.05) is 31.5 Å². The molecular weight excluding hydrogens is 308 g/mol. The summed E-state index contributed by atoms with van der Waals surface area (Å²) < 4.78 is 0. The number of nitrogens with zero attached hydrogens (tertiary/aromatic N) is 3. The highest BCUT2D eigenvalue weighted by Gasteiger charge is 2.22. The molecule has 1 unspecified atom stereocenters. The van der Waals surface area contributed by atoms with Crippen molar-refractivity contribution in [2.45, 2.75) is 26.3 Å². The van der Waals surface area contributed by atoms with Crippen molar-refractivity contribution in [2.24, 2.45) is 5.92 Å². The molecule has 1 saturated heterocycles. The molecule has 0 amide bonds. The van der Waals surface area contributed by atoms with E-state index < -0.39 is 0 Å². The Labute approximate surface area is 142 Å². The van der Waals surface area contributed by atoms with E-state index in [0.29, 0.717) is 5.95 Å². The van der Waals surface area contributed by atoms with Gasteiger partial charge in [-0.3, -0.25) is 4.90 Å². The van der Waals surface area contributed by atoms with Crippen molar-refractivity contribution in [3.63, 3.8) is 0 Å². The standard InChI is InChI=1S/C18H23ClN4/c1-2-20-18-21-10-16(11-22-18)13-23-8-7-15(12-23)9-14-3-5-17(19)6-4-14/h3-6,10-11,15H,2,7-9,12-13H2,1H3,(H,20,21,22). The van der Waals surface area contributed by atoms with Crippen LogP contribution in [-0.2, 0) is 13.0 Å². The molecule has 5 heteroatoms. The first-order valence-electron chi connectivity index (χ1n) is 8.24. The summed E-state index contributed by atoms with van der Waals surface area (Å²) in [6, 6.07) is 8.23. The molecule has 1 aromatic carbocycles. The Bertz CT molecular complexity index is 612. The third-order valence-corrected chi connectivity index (χ3v) is 4.51. The zero-order valence-corrected chi connectivity index (χ0v) is 14.3. The fraction of sp³-hybridized carbons (Fsp3) is 0.444. The van der Waals surface area contributed by atoms with E-state index in [4.69, 9.17) is 11.6 Å². The molecule has 1 aromatic heterocycles. The van der Waals surface area contributed by atoms with Gasteiger partial charge in [-0.2, -0.15) is 0 Å². The van der Waals surface area contributed by atoms with E-state index >= 15 is 0 Å². The SMILES string of the molecule is CCNc1ncc(CN2CCC(Cc3ccc(Cl)cc3)C2)cn1. The summed E-state index contributed by atoms with van der Waals surface area (Å²) in [6.45, 7) is 6.11. The average Bonchev–Trinajstić information content (AvgIpc) is 2.99. The fourth-order valence-corrected chi connectivity index (χ4v) is 3.25. The van der Waals surface area contributed by atoms with E-state index in [9.17, 15) is 0 Å². The van der Waals surface area contributed by atoms with Gasteiger partial charge in [-0.1, -0.05) is 23.7 Å². The highest BCUT2D eigenvalue weighted by molar-refractivity contribution is 6.30. The van der Waals surface area contributed by atoms with Crippen molar-refractivity contribution in [2.75, 3.05) is 25.0 Å². The number of hydrogen-bond donors (Lipinski definition) is 1. The van der Waals surface area contributed by atoms with E-state index in [-0.39, 0.29) is 0 Å². The molecule has 2 heterocycles. The van der Waals surface area contributed by atoms with Gasteiger partial charge in [-0.15, -0.1) is 0 Å². The van der Waals surface area contributed by atoms with Gasteiger partial charge in [0.1, 0.15) is 0 Å². The molecule has 1 atom stereocenters. The highest BCUT2D eigenvalue weighted by atomic mass is 35.5. The predicted octanol–water partition coefficient (Wildman–Crippen LogP) is 3.63. The van der Waals surface area contributed by atoms with Crippen LogP contribution in [0.3, 0.4) is 0 Å². The lowest BCUT2D eigenvalue weighted by molar-refractivity contribution is 0.315. The Hall–Kier alpha value is -1.65. The van der Waals surface area contributed by atoms with E-state index in [1.165, 1.54) is 17.5 Å². The molecule has 4 nitrogen and oxygen atoms in total. The van der Waals surface area contributed by atoms with Gasteiger partial charge in [0.05, 0.1) is 0 Å². The summed E-state index contributed by atoms with van der Waals surface area (Å²) in [5, 5.41) is 3.93. The third-order valence-electron chi connectivity index (χ3n) is 4.25. The third kappa shape index (κ3) is 4.66. The molecular formula is C18H23ClN4. The van der Waals surface area contributed by atoms with Crippen molar-refractivity contribution >= 4 is 17.5 Å². The number of nitrogens with one attached hydrogen (secondary N) is 1. The van der Waals surface area contributed by atoms with Crippen LogP contribution in [0.2, 0.25) is 5.02 Å². The van der Waals surface area contributed by atoms with Crippen LogP contribution in [0.25, 0.3) is 0 Å². The summed E-state index contributed by atoms with van der Waals surface area (Å²) in [6.07, 6.45) is 6.23. The number of hydrogen-bond acceptors (Lipinski definition) is 4. The lowest BCUT2D eigenvalue weighted by atomic mass is 9.99. The fourth-order valence-electron chi connectivity index (χ4n) is 3.12. The van der Waals surface area contributed by atoms with Crippen LogP contribution in [0.4, 0.5) is 5.95 Å². The molecule has 1 aliphatic heterocycles. The molecule has 0 aliphatic carbocycles. The van der Waals surface area contributed by atoms with Crippen LogP contribution in [0.15, 0.2) is 36.7 Å². The Balaban J connectivity index is 1.50. The molecule has 0 saturated carbocycles. The molecule has 0 spiro atoms. The van der Waals surface area contributed by atoms with Crippen molar-refractivity contribution in [3.8, 4) is 0 Å². The first-order chi connectivity index (χ1) is 11.2. The summed E-state index contributed by atoms with van der Waals surface area (Å²) in [7, 11) is 0. The number of benzene rings is 1. The molecule has 1 aliphatic rings. The van der Waals surface area contributed by atoms with Crippen LogP contribution >= 0.6 is 11.6 Å². The van der Waals surface area contributed by atoms with Crippen molar-refractivity contribution < 1.29 is 0 Å². The summed E-state index contributed by atoms with van der Waals surface area (Å²) in [4.78, 5) is 11.2. The van der Waals surface area contributed by atoms with Crippen LogP contribution in [-0.4, -0.2) is 34.5 Å². The number of likely N-dealkylation sites (tertiary alicyclic amines) is 1. The molecule has 1 N–H and O–H groups in total. The highest BCUT2D eigenvalue weighted by Crippen LogP contribution is 2.23. The maximum Gasteiger partial charge on any atom is 0.222 e. The van der Waals surface area contributed by atoms with Gasteiger partial charge in [-0.25, -0.2) is 9.97 Å². The van der Waals surface area contributed by atoms with Gasteiger partial charge in [0, 0.05) is 42.6 Å². The zero-order valence-electron chi connectivity index (χ0n) is 13.5. The van der Waals surface area contributed by atoms with Gasteiger partial charge in [0.25, 0.3) is 0 Å².